The molecule has 2 heterocycles. The number of para-hydroxylation sites is 1. The zero-order valence-corrected chi connectivity index (χ0v) is 15.8. The smallest absolute Gasteiger partial charge is 0.275 e. The minimum atomic E-state index is -0.864. The molecule has 3 N–H and O–H groups in total. The fraction of sp³-hybridized carbons (Fsp3) is 0.150. The molecule has 0 spiro atoms. The Morgan fingerprint density at radius 1 is 1.21 bits per heavy atom. The minimum Gasteiger partial charge on any atom is -0.366 e. The molecule has 1 unspecified atom stereocenters. The summed E-state index contributed by atoms with van der Waals surface area (Å²) in [5, 5.41) is 19.2. The molecular formula is C20H18N6O3. The summed E-state index contributed by atoms with van der Waals surface area (Å²) in [5.74, 6) is 0.141. The number of aryl methyl sites for hydroxylation is 1. The van der Waals surface area contributed by atoms with E-state index in [1.165, 1.54) is 10.7 Å². The molecule has 29 heavy (non-hydrogen) atoms. The Kier molecular flexibility index (Phi) is 4.34. The molecule has 0 radical (unpaired) electrons. The van der Waals surface area contributed by atoms with E-state index < -0.39 is 16.9 Å². The van der Waals surface area contributed by atoms with E-state index in [0.717, 1.165) is 11.1 Å². The van der Waals surface area contributed by atoms with Gasteiger partial charge in [-0.25, -0.2) is 4.68 Å². The first-order valence-corrected chi connectivity index (χ1v) is 8.91. The first kappa shape index (κ1) is 18.4. The van der Waals surface area contributed by atoms with Crippen molar-refractivity contribution in [2.45, 2.75) is 19.9 Å². The molecule has 2 aromatic carbocycles. The third kappa shape index (κ3) is 3.12. The molecule has 4 rings (SSSR count). The summed E-state index contributed by atoms with van der Waals surface area (Å²) in [6.07, 6.45) is 0. The van der Waals surface area contributed by atoms with Gasteiger partial charge in [-0.3, -0.25) is 14.9 Å². The van der Waals surface area contributed by atoms with Crippen LogP contribution in [0.4, 0.5) is 11.6 Å². The van der Waals surface area contributed by atoms with Gasteiger partial charge < -0.3 is 11.1 Å². The number of benzene rings is 2. The van der Waals surface area contributed by atoms with Gasteiger partial charge in [-0.15, -0.1) is 5.10 Å². The monoisotopic (exact) mass is 390 g/mol. The molecule has 0 saturated carbocycles. The summed E-state index contributed by atoms with van der Waals surface area (Å²) in [5.41, 5.74) is 8.36. The third-order valence-corrected chi connectivity index (χ3v) is 4.82. The van der Waals surface area contributed by atoms with Crippen LogP contribution in [0.25, 0.3) is 11.4 Å². The molecule has 1 aliphatic heterocycles. The minimum absolute atomic E-state index is 0.121. The third-order valence-electron chi connectivity index (χ3n) is 4.82. The second-order valence-corrected chi connectivity index (χ2v) is 6.82. The van der Waals surface area contributed by atoms with Gasteiger partial charge in [0.15, 0.2) is 5.82 Å². The summed E-state index contributed by atoms with van der Waals surface area (Å²) in [7, 11) is 0. The van der Waals surface area contributed by atoms with Crippen LogP contribution in [-0.4, -0.2) is 25.6 Å². The zero-order valence-electron chi connectivity index (χ0n) is 15.8. The molecular weight excluding hydrogens is 372 g/mol. The number of fused-ring (bicyclic) bond motifs is 1. The van der Waals surface area contributed by atoms with Crippen LogP contribution in [0.1, 0.15) is 24.1 Å². The fourth-order valence-corrected chi connectivity index (χ4v) is 3.55. The van der Waals surface area contributed by atoms with Gasteiger partial charge >= 0.3 is 0 Å². The van der Waals surface area contributed by atoms with E-state index in [-0.39, 0.29) is 11.3 Å². The average molecular weight is 390 g/mol. The van der Waals surface area contributed by atoms with Gasteiger partial charge in [0.25, 0.3) is 5.69 Å². The zero-order chi connectivity index (χ0) is 20.7. The lowest BCUT2D eigenvalue weighted by Crippen LogP contribution is -2.32. The van der Waals surface area contributed by atoms with Crippen molar-refractivity contribution in [1.82, 2.24) is 14.8 Å². The number of rotatable bonds is 4. The van der Waals surface area contributed by atoms with Crippen molar-refractivity contribution in [3.05, 3.63) is 81.0 Å². The first-order valence-electron chi connectivity index (χ1n) is 8.91. The largest absolute Gasteiger partial charge is 0.366 e. The van der Waals surface area contributed by atoms with Crippen molar-refractivity contribution < 1.29 is 9.72 Å². The lowest BCUT2D eigenvalue weighted by Gasteiger charge is -2.27. The second-order valence-electron chi connectivity index (χ2n) is 6.82. The Labute approximate surface area is 166 Å². The van der Waals surface area contributed by atoms with Gasteiger partial charge in [0.2, 0.25) is 11.9 Å². The summed E-state index contributed by atoms with van der Waals surface area (Å²) < 4.78 is 1.48. The van der Waals surface area contributed by atoms with Crippen molar-refractivity contribution in [1.29, 1.82) is 0 Å². The molecule has 0 fully saturated rings. The van der Waals surface area contributed by atoms with Gasteiger partial charge in [0, 0.05) is 17.3 Å². The second kappa shape index (κ2) is 6.86. The predicted molar refractivity (Wildman–Crippen MR) is 107 cm³/mol. The Morgan fingerprint density at radius 3 is 2.66 bits per heavy atom. The molecule has 9 heteroatoms. The van der Waals surface area contributed by atoms with Crippen LogP contribution in [0.5, 0.6) is 0 Å². The number of nitro benzene ring substituents is 1. The molecule has 1 amide bonds. The number of amides is 1. The number of carbonyl (C=O) groups is 1. The van der Waals surface area contributed by atoms with Crippen molar-refractivity contribution >= 4 is 17.5 Å². The molecule has 0 saturated heterocycles. The molecule has 1 aliphatic rings. The van der Waals surface area contributed by atoms with Crippen LogP contribution < -0.4 is 11.1 Å². The van der Waals surface area contributed by atoms with Gasteiger partial charge in [0.1, 0.15) is 6.04 Å². The van der Waals surface area contributed by atoms with Gasteiger partial charge in [-0.05, 0) is 26.0 Å². The van der Waals surface area contributed by atoms with E-state index in [1.807, 2.05) is 31.2 Å². The van der Waals surface area contributed by atoms with Crippen LogP contribution >= 0.6 is 0 Å². The average Bonchev–Trinajstić information content (AvgIpc) is 3.10. The standard InChI is InChI=1S/C20H18N6O3/c1-11-6-5-7-13(10-11)19-23-20-22-12(2)16(18(21)27)17(25(20)24-19)14-8-3-4-9-15(14)26(28)29/h3-10,17H,1-2H3,(H2,21,27)(H,22,23,24). The Morgan fingerprint density at radius 2 is 1.97 bits per heavy atom. The van der Waals surface area contributed by atoms with Crippen molar-refractivity contribution in [3.8, 4) is 11.4 Å². The maximum Gasteiger partial charge on any atom is 0.275 e. The van der Waals surface area contributed by atoms with E-state index in [4.69, 9.17) is 5.73 Å². The van der Waals surface area contributed by atoms with Gasteiger partial charge in [-0.2, -0.15) is 4.98 Å². The van der Waals surface area contributed by atoms with Crippen LogP contribution in [0.15, 0.2) is 59.8 Å². The normalized spacial score (nSPS) is 15.6. The number of anilines is 1. The summed E-state index contributed by atoms with van der Waals surface area (Å²) in [4.78, 5) is 27.9. The number of nitrogens with zero attached hydrogens (tertiary/aromatic N) is 4. The van der Waals surface area contributed by atoms with E-state index in [9.17, 15) is 14.9 Å². The van der Waals surface area contributed by atoms with Crippen molar-refractivity contribution in [2.24, 2.45) is 5.73 Å². The Bertz CT molecular complexity index is 1180. The van der Waals surface area contributed by atoms with Gasteiger partial charge in [-0.1, -0.05) is 35.9 Å². The van der Waals surface area contributed by atoms with Crippen molar-refractivity contribution in [2.75, 3.05) is 5.32 Å². The molecule has 1 atom stereocenters. The number of nitrogens with one attached hydrogen (secondary N) is 1. The topological polar surface area (TPSA) is 129 Å². The number of hydrogen-bond acceptors (Lipinski definition) is 6. The highest BCUT2D eigenvalue weighted by Gasteiger charge is 2.36. The van der Waals surface area contributed by atoms with Crippen molar-refractivity contribution in [3.63, 3.8) is 0 Å². The molecule has 146 valence electrons. The number of nitro groups is 1. The summed E-state index contributed by atoms with van der Waals surface area (Å²) in [6.45, 7) is 3.65. The van der Waals surface area contributed by atoms with E-state index >= 15 is 0 Å². The summed E-state index contributed by atoms with van der Waals surface area (Å²) in [6, 6.07) is 13.1. The predicted octanol–water partition coefficient (Wildman–Crippen LogP) is 2.94. The molecule has 9 nitrogen and oxygen atoms in total. The number of nitrogens with two attached hydrogens (primary N) is 1. The highest BCUT2D eigenvalue weighted by molar-refractivity contribution is 5.95. The van der Waals surface area contributed by atoms with Crippen LogP contribution in [0.2, 0.25) is 0 Å². The van der Waals surface area contributed by atoms with Crippen LogP contribution in [0.3, 0.4) is 0 Å². The number of allylic oxidation sites excluding steroid dienone is 1. The number of carbonyl (C=O) groups excluding carboxylic acids is 1. The Balaban J connectivity index is 1.94. The molecule has 0 bridgehead atoms. The fourth-order valence-electron chi connectivity index (χ4n) is 3.55. The number of primary amides is 1. The number of hydrogen-bond donors (Lipinski definition) is 2. The molecule has 1 aromatic heterocycles. The van der Waals surface area contributed by atoms with E-state index in [0.29, 0.717) is 23.0 Å². The quantitative estimate of drug-likeness (QED) is 0.520. The van der Waals surface area contributed by atoms with E-state index in [2.05, 4.69) is 15.4 Å². The van der Waals surface area contributed by atoms with Gasteiger partial charge in [0.05, 0.1) is 16.1 Å². The number of aromatic nitrogens is 3. The van der Waals surface area contributed by atoms with Crippen LogP contribution in [-0.2, 0) is 4.79 Å². The highest BCUT2D eigenvalue weighted by Crippen LogP contribution is 2.39. The SMILES string of the molecule is CC1=C(C(N)=O)C(c2ccccc2[N+](=O)[O-])n2nc(-c3cccc(C)c3)nc2N1. The highest BCUT2D eigenvalue weighted by atomic mass is 16.6. The Hall–Kier alpha value is -4.01. The lowest BCUT2D eigenvalue weighted by molar-refractivity contribution is -0.385. The summed E-state index contributed by atoms with van der Waals surface area (Å²) >= 11 is 0. The first-order chi connectivity index (χ1) is 13.9. The molecule has 3 aromatic rings. The van der Waals surface area contributed by atoms with E-state index in [1.54, 1.807) is 25.1 Å². The molecule has 0 aliphatic carbocycles. The lowest BCUT2D eigenvalue weighted by atomic mass is 9.94. The maximum atomic E-state index is 12.3. The van der Waals surface area contributed by atoms with Crippen LogP contribution in [0, 0.1) is 17.0 Å². The maximum absolute atomic E-state index is 12.3.